The molecule has 0 bridgehead atoms. The molecule has 0 unspecified atom stereocenters. The molecule has 0 aromatic heterocycles. The van der Waals surface area contributed by atoms with E-state index in [1.54, 1.807) is 6.92 Å². The number of nitrogens with zero attached hydrogens (tertiary/aromatic N) is 1. The summed E-state index contributed by atoms with van der Waals surface area (Å²) in [6.07, 6.45) is 1.01. The van der Waals surface area contributed by atoms with Crippen LogP contribution in [0.2, 0.25) is 0 Å². The molecule has 0 aromatic rings. The molecule has 14 heavy (non-hydrogen) atoms. The first-order chi connectivity index (χ1) is 6.51. The topological polar surface area (TPSA) is 26.3 Å². The van der Waals surface area contributed by atoms with E-state index in [1.807, 2.05) is 13.8 Å². The van der Waals surface area contributed by atoms with Crippen LogP contribution in [0, 0.1) is 0 Å². The van der Waals surface area contributed by atoms with Crippen molar-refractivity contribution in [3.63, 3.8) is 0 Å². The van der Waals surface area contributed by atoms with Crippen molar-refractivity contribution in [2.24, 2.45) is 0 Å². The van der Waals surface area contributed by atoms with Crippen LogP contribution in [0.5, 0.6) is 0 Å². The van der Waals surface area contributed by atoms with Gasteiger partial charge >= 0.3 is 5.97 Å². The first-order valence-electron chi connectivity index (χ1n) is 5.26. The number of carbonyl (C=O) groups is 1. The summed E-state index contributed by atoms with van der Waals surface area (Å²) < 4.78 is 0.405. The maximum atomic E-state index is 11.4. The van der Waals surface area contributed by atoms with Crippen LogP contribution >= 0.6 is 0 Å². The van der Waals surface area contributed by atoms with E-state index in [9.17, 15) is 4.79 Å². The van der Waals surface area contributed by atoms with Gasteiger partial charge in [0.15, 0.2) is 0 Å². The Morgan fingerprint density at radius 2 is 1.79 bits per heavy atom. The molecule has 0 N–H and O–H groups in total. The summed E-state index contributed by atoms with van der Waals surface area (Å²) in [7, 11) is 0. The van der Waals surface area contributed by atoms with E-state index in [0.717, 1.165) is 26.1 Å². The molecule has 0 spiro atoms. The van der Waals surface area contributed by atoms with Crippen LogP contribution in [0.15, 0.2) is 12.2 Å². The summed E-state index contributed by atoms with van der Waals surface area (Å²) in [5.41, 5.74) is 0.463. The van der Waals surface area contributed by atoms with E-state index in [-0.39, 0.29) is 5.97 Å². The number of carbonyl (C=O) groups excluding carboxylic acids is 1. The second-order valence-corrected chi connectivity index (χ2v) is 3.57. The van der Waals surface area contributed by atoms with Gasteiger partial charge in [0.2, 0.25) is 0 Å². The molecule has 3 heteroatoms. The van der Waals surface area contributed by atoms with Gasteiger partial charge in [0, 0.05) is 5.57 Å². The van der Waals surface area contributed by atoms with Crippen LogP contribution in [0.3, 0.4) is 0 Å². The van der Waals surface area contributed by atoms with E-state index in [1.165, 1.54) is 0 Å². The highest BCUT2D eigenvalue weighted by Crippen LogP contribution is 2.11. The molecule has 0 atom stereocenters. The minimum absolute atomic E-state index is 0.290. The minimum atomic E-state index is -0.290. The molecule has 0 rings (SSSR count). The maximum absolute atomic E-state index is 11.4. The van der Waals surface area contributed by atoms with Gasteiger partial charge in [-0.3, -0.25) is 4.84 Å². The summed E-state index contributed by atoms with van der Waals surface area (Å²) in [6, 6.07) is 0. The average molecular weight is 200 g/mol. The van der Waals surface area contributed by atoms with Gasteiger partial charge in [-0.05, 0) is 27.2 Å². The van der Waals surface area contributed by atoms with Crippen LogP contribution in [-0.2, 0) is 9.63 Å². The average Bonchev–Trinajstić information content (AvgIpc) is 2.16. The van der Waals surface area contributed by atoms with Gasteiger partial charge in [-0.2, -0.15) is 0 Å². The molecule has 82 valence electrons. The van der Waals surface area contributed by atoms with E-state index in [4.69, 9.17) is 4.84 Å². The number of quaternary nitrogens is 1. The van der Waals surface area contributed by atoms with Gasteiger partial charge in [0.1, 0.15) is 19.6 Å². The van der Waals surface area contributed by atoms with Gasteiger partial charge in [0.25, 0.3) is 0 Å². The Kier molecular flexibility index (Phi) is 5.46. The Balaban J connectivity index is 4.49. The summed E-state index contributed by atoms with van der Waals surface area (Å²) in [6.45, 7) is 13.9. The summed E-state index contributed by atoms with van der Waals surface area (Å²) in [5, 5.41) is 0. The lowest BCUT2D eigenvalue weighted by Crippen LogP contribution is -2.49. The van der Waals surface area contributed by atoms with Gasteiger partial charge < -0.3 is 0 Å². The second kappa shape index (κ2) is 5.81. The standard InChI is InChI=1S/C11H22NO2/c1-6-9-12(7-2,8-3)14-11(13)10(4)5/h4,6-9H2,1-3,5H3/q+1. The first kappa shape index (κ1) is 13.2. The molecule has 0 amide bonds. The third kappa shape index (κ3) is 3.50. The molecular formula is C11H22NO2+. The fraction of sp³-hybridized carbons (Fsp3) is 0.727. The third-order valence-corrected chi connectivity index (χ3v) is 2.41. The van der Waals surface area contributed by atoms with Gasteiger partial charge in [0.05, 0.1) is 0 Å². The smallest absolute Gasteiger partial charge is 0.272 e. The Hall–Kier alpha value is -0.830. The van der Waals surface area contributed by atoms with Crippen molar-refractivity contribution in [2.75, 3.05) is 19.6 Å². The Labute approximate surface area is 86.9 Å². The Morgan fingerprint density at radius 3 is 2.07 bits per heavy atom. The monoisotopic (exact) mass is 200 g/mol. The third-order valence-electron chi connectivity index (χ3n) is 2.41. The van der Waals surface area contributed by atoms with Crippen LogP contribution in [-0.4, -0.2) is 30.2 Å². The summed E-state index contributed by atoms with van der Waals surface area (Å²) in [5.74, 6) is -0.290. The van der Waals surface area contributed by atoms with Gasteiger partial charge in [-0.1, -0.05) is 13.5 Å². The largest absolute Gasteiger partial charge is 0.392 e. The lowest BCUT2D eigenvalue weighted by Gasteiger charge is -2.32. The SMILES string of the molecule is C=C(C)C(=O)O[N+](CC)(CC)CCC. The molecule has 0 aromatic carbocycles. The summed E-state index contributed by atoms with van der Waals surface area (Å²) >= 11 is 0. The lowest BCUT2D eigenvalue weighted by atomic mass is 10.3. The minimum Gasteiger partial charge on any atom is -0.272 e. The van der Waals surface area contributed by atoms with Crippen molar-refractivity contribution >= 4 is 5.97 Å². The zero-order valence-electron chi connectivity index (χ0n) is 9.80. The highest BCUT2D eigenvalue weighted by atomic mass is 16.7. The zero-order chi connectivity index (χ0) is 11.2. The van der Waals surface area contributed by atoms with Crippen molar-refractivity contribution in [3.05, 3.63) is 12.2 Å². The van der Waals surface area contributed by atoms with Crippen LogP contribution in [0.25, 0.3) is 0 Å². The highest BCUT2D eigenvalue weighted by Gasteiger charge is 2.28. The fourth-order valence-corrected chi connectivity index (χ4v) is 1.38. The van der Waals surface area contributed by atoms with Gasteiger partial charge in [-0.25, -0.2) is 4.79 Å². The van der Waals surface area contributed by atoms with Gasteiger partial charge in [-0.15, -0.1) is 4.65 Å². The molecule has 0 fully saturated rings. The van der Waals surface area contributed by atoms with Crippen molar-refractivity contribution in [2.45, 2.75) is 34.1 Å². The van der Waals surface area contributed by atoms with Crippen LogP contribution < -0.4 is 0 Å². The molecule has 0 aliphatic rings. The van der Waals surface area contributed by atoms with Crippen molar-refractivity contribution in [3.8, 4) is 0 Å². The Bertz CT molecular complexity index is 207. The lowest BCUT2D eigenvalue weighted by molar-refractivity contribution is -1.09. The molecular weight excluding hydrogens is 178 g/mol. The number of hydroxylamine groups is 3. The van der Waals surface area contributed by atoms with E-state index < -0.39 is 0 Å². The molecule has 0 saturated heterocycles. The molecule has 0 radical (unpaired) electrons. The van der Waals surface area contributed by atoms with E-state index in [2.05, 4.69) is 13.5 Å². The maximum Gasteiger partial charge on any atom is 0.392 e. The summed E-state index contributed by atoms with van der Waals surface area (Å²) in [4.78, 5) is 16.9. The quantitative estimate of drug-likeness (QED) is 0.373. The van der Waals surface area contributed by atoms with E-state index in [0.29, 0.717) is 10.2 Å². The molecule has 0 heterocycles. The van der Waals surface area contributed by atoms with Crippen molar-refractivity contribution in [1.29, 1.82) is 0 Å². The van der Waals surface area contributed by atoms with E-state index >= 15 is 0 Å². The first-order valence-corrected chi connectivity index (χ1v) is 5.26. The normalized spacial score (nSPS) is 11.1. The predicted molar refractivity (Wildman–Crippen MR) is 57.4 cm³/mol. The highest BCUT2D eigenvalue weighted by molar-refractivity contribution is 5.86. The molecule has 0 saturated carbocycles. The second-order valence-electron chi connectivity index (χ2n) is 3.57. The number of rotatable bonds is 6. The van der Waals surface area contributed by atoms with Crippen molar-refractivity contribution < 1.29 is 14.3 Å². The molecule has 0 aliphatic carbocycles. The number of hydrogen-bond donors (Lipinski definition) is 0. The van der Waals surface area contributed by atoms with Crippen LogP contribution in [0.1, 0.15) is 34.1 Å². The Morgan fingerprint density at radius 1 is 1.29 bits per heavy atom. The van der Waals surface area contributed by atoms with Crippen LogP contribution in [0.4, 0.5) is 0 Å². The molecule has 0 aliphatic heterocycles. The van der Waals surface area contributed by atoms with Crippen molar-refractivity contribution in [1.82, 2.24) is 0 Å². The molecule has 3 nitrogen and oxygen atoms in total. The zero-order valence-corrected chi connectivity index (χ0v) is 9.80. The fourth-order valence-electron chi connectivity index (χ4n) is 1.38. The predicted octanol–water partition coefficient (Wildman–Crippen LogP) is 2.29. The number of hydrogen-bond acceptors (Lipinski definition) is 2.